The van der Waals surface area contributed by atoms with E-state index in [0.29, 0.717) is 5.95 Å². The van der Waals surface area contributed by atoms with Gasteiger partial charge in [0.15, 0.2) is 0 Å². The van der Waals surface area contributed by atoms with E-state index in [4.69, 9.17) is 20.4 Å². The number of benzene rings is 1. The first kappa shape index (κ1) is 19.7. The molecule has 0 unspecified atom stereocenters. The highest BCUT2D eigenvalue weighted by Gasteiger charge is 2.21. The number of nitrogens with zero attached hydrogens (tertiary/aromatic N) is 5. The minimum absolute atomic E-state index is 0.445. The van der Waals surface area contributed by atoms with E-state index in [2.05, 4.69) is 22.0 Å². The highest BCUT2D eigenvalue weighted by Crippen LogP contribution is 2.30. The second-order valence-corrected chi connectivity index (χ2v) is 7.99. The van der Waals surface area contributed by atoms with Crippen molar-refractivity contribution in [3.8, 4) is 22.5 Å². The summed E-state index contributed by atoms with van der Waals surface area (Å²) in [5.41, 5.74) is 14.1. The van der Waals surface area contributed by atoms with E-state index in [0.717, 1.165) is 78.1 Å². The quantitative estimate of drug-likeness (QED) is 0.551. The molecular weight excluding hydrogens is 388 g/mol. The highest BCUT2D eigenvalue weighted by atomic mass is 16.5. The predicted octanol–water partition coefficient (Wildman–Crippen LogP) is 3.49. The van der Waals surface area contributed by atoms with E-state index < -0.39 is 0 Å². The molecule has 0 amide bonds. The summed E-state index contributed by atoms with van der Waals surface area (Å²) >= 11 is 0. The van der Waals surface area contributed by atoms with Crippen molar-refractivity contribution >= 4 is 11.6 Å². The largest absolute Gasteiger partial charge is 0.379 e. The van der Waals surface area contributed by atoms with Crippen molar-refractivity contribution < 1.29 is 4.74 Å². The molecule has 31 heavy (non-hydrogen) atoms. The maximum Gasteiger partial charge on any atom is 0.206 e. The van der Waals surface area contributed by atoms with Gasteiger partial charge in [-0.15, -0.1) is 0 Å². The molecule has 1 aliphatic rings. The van der Waals surface area contributed by atoms with Gasteiger partial charge in [-0.2, -0.15) is 0 Å². The molecule has 0 bridgehead atoms. The van der Waals surface area contributed by atoms with Crippen molar-refractivity contribution in [2.24, 2.45) is 0 Å². The van der Waals surface area contributed by atoms with Gasteiger partial charge in [0.2, 0.25) is 5.95 Å². The zero-order valence-electron chi connectivity index (χ0n) is 17.9. The monoisotopic (exact) mass is 414 g/mol. The maximum absolute atomic E-state index is 6.51. The first-order valence-electron chi connectivity index (χ1n) is 10.6. The third-order valence-corrected chi connectivity index (χ3v) is 5.63. The Balaban J connectivity index is 1.69. The van der Waals surface area contributed by atoms with Crippen LogP contribution in [0.2, 0.25) is 0 Å². The van der Waals surface area contributed by atoms with Crippen LogP contribution in [-0.4, -0.2) is 50.6 Å². The summed E-state index contributed by atoms with van der Waals surface area (Å²) in [5, 5.41) is 0. The van der Waals surface area contributed by atoms with Crippen LogP contribution in [0.1, 0.15) is 17.1 Å². The van der Waals surface area contributed by atoms with Crippen LogP contribution in [-0.2, 0) is 11.3 Å². The lowest BCUT2D eigenvalue weighted by Gasteiger charge is -2.26. The Labute approximate surface area is 181 Å². The Morgan fingerprint density at radius 1 is 0.903 bits per heavy atom. The molecule has 4 aromatic rings. The van der Waals surface area contributed by atoms with E-state index in [9.17, 15) is 0 Å². The zero-order chi connectivity index (χ0) is 21.4. The summed E-state index contributed by atoms with van der Waals surface area (Å²) in [4.78, 5) is 16.7. The molecule has 4 heterocycles. The summed E-state index contributed by atoms with van der Waals surface area (Å²) in [7, 11) is 0. The molecule has 0 spiro atoms. The average Bonchev–Trinajstić information content (AvgIpc) is 3.13. The molecule has 3 aromatic heterocycles. The van der Waals surface area contributed by atoms with E-state index in [1.807, 2.05) is 54.6 Å². The summed E-state index contributed by atoms with van der Waals surface area (Å²) in [6, 6.07) is 16.2. The first-order chi connectivity index (χ1) is 15.1. The van der Waals surface area contributed by atoms with Gasteiger partial charge in [-0.25, -0.2) is 9.97 Å². The van der Waals surface area contributed by atoms with E-state index in [1.54, 1.807) is 0 Å². The third-order valence-electron chi connectivity index (χ3n) is 5.63. The number of morpholine rings is 1. The Hall–Kier alpha value is -3.29. The first-order valence-corrected chi connectivity index (χ1v) is 10.6. The standard InChI is InChI=1S/C24H26N6O/c1-16-12-19(13-17(2)26-16)23-21(15-29-8-10-31-11-9-29)30-22(28-23)14-20(27-24(30)25)18-6-4-3-5-7-18/h3-7,12-14H,8-11,15H2,1-2H3,(H2,25,27). The number of nitrogen functional groups attached to an aromatic ring is 1. The van der Waals surface area contributed by atoms with Crippen LogP contribution in [0, 0.1) is 13.8 Å². The van der Waals surface area contributed by atoms with Crippen LogP contribution in [0.15, 0.2) is 48.5 Å². The number of ether oxygens (including phenoxy) is 1. The second-order valence-electron chi connectivity index (χ2n) is 7.99. The zero-order valence-corrected chi connectivity index (χ0v) is 17.9. The van der Waals surface area contributed by atoms with E-state index in [1.165, 1.54) is 0 Å². The van der Waals surface area contributed by atoms with Crippen molar-refractivity contribution in [2.75, 3.05) is 32.0 Å². The molecule has 0 atom stereocenters. The lowest BCUT2D eigenvalue weighted by molar-refractivity contribution is 0.0336. The van der Waals surface area contributed by atoms with Crippen molar-refractivity contribution in [1.29, 1.82) is 0 Å². The Morgan fingerprint density at radius 3 is 2.32 bits per heavy atom. The van der Waals surface area contributed by atoms with Crippen molar-refractivity contribution in [3.63, 3.8) is 0 Å². The van der Waals surface area contributed by atoms with Gasteiger partial charge in [0.25, 0.3) is 0 Å². The van der Waals surface area contributed by atoms with Gasteiger partial charge in [0.1, 0.15) is 5.65 Å². The number of hydrogen-bond acceptors (Lipinski definition) is 6. The molecular formula is C24H26N6O. The molecule has 0 saturated carbocycles. The summed E-state index contributed by atoms with van der Waals surface area (Å²) < 4.78 is 7.52. The smallest absolute Gasteiger partial charge is 0.206 e. The molecule has 1 aromatic carbocycles. The van der Waals surface area contributed by atoms with Crippen LogP contribution < -0.4 is 5.73 Å². The van der Waals surface area contributed by atoms with Crippen LogP contribution in [0.25, 0.3) is 28.2 Å². The SMILES string of the molecule is Cc1cc(-c2nc3cc(-c4ccccc4)nc(N)n3c2CN2CCOCC2)cc(C)n1. The van der Waals surface area contributed by atoms with Gasteiger partial charge < -0.3 is 10.5 Å². The summed E-state index contributed by atoms with van der Waals surface area (Å²) in [6.45, 7) is 8.01. The van der Waals surface area contributed by atoms with Crippen LogP contribution in [0.5, 0.6) is 0 Å². The van der Waals surface area contributed by atoms with Gasteiger partial charge in [-0.05, 0) is 26.0 Å². The van der Waals surface area contributed by atoms with Gasteiger partial charge in [0.05, 0.1) is 30.3 Å². The number of anilines is 1. The van der Waals surface area contributed by atoms with Crippen molar-refractivity contribution in [3.05, 3.63) is 65.6 Å². The minimum Gasteiger partial charge on any atom is -0.379 e. The number of aryl methyl sites for hydroxylation is 2. The molecule has 0 radical (unpaired) electrons. The fraction of sp³-hybridized carbons (Fsp3) is 0.292. The topological polar surface area (TPSA) is 81.6 Å². The minimum atomic E-state index is 0.445. The summed E-state index contributed by atoms with van der Waals surface area (Å²) in [5.74, 6) is 0.445. The third kappa shape index (κ3) is 3.89. The maximum atomic E-state index is 6.51. The Kier molecular flexibility index (Phi) is 5.13. The molecule has 158 valence electrons. The Morgan fingerprint density at radius 2 is 1.61 bits per heavy atom. The highest BCUT2D eigenvalue weighted by molar-refractivity contribution is 5.72. The normalized spacial score (nSPS) is 14.9. The molecule has 5 rings (SSSR count). The van der Waals surface area contributed by atoms with E-state index in [-0.39, 0.29) is 0 Å². The van der Waals surface area contributed by atoms with Crippen molar-refractivity contribution in [1.82, 2.24) is 24.3 Å². The van der Waals surface area contributed by atoms with Crippen LogP contribution in [0.4, 0.5) is 5.95 Å². The summed E-state index contributed by atoms with van der Waals surface area (Å²) in [6.07, 6.45) is 0. The number of nitrogens with two attached hydrogens (primary N) is 1. The van der Waals surface area contributed by atoms with Gasteiger partial charge in [0, 0.05) is 48.2 Å². The fourth-order valence-electron chi connectivity index (χ4n) is 4.23. The molecule has 1 aliphatic heterocycles. The number of aromatic nitrogens is 4. The Bertz CT molecular complexity index is 1210. The predicted molar refractivity (Wildman–Crippen MR) is 122 cm³/mol. The lowest BCUT2D eigenvalue weighted by atomic mass is 10.1. The fourth-order valence-corrected chi connectivity index (χ4v) is 4.23. The molecule has 1 saturated heterocycles. The van der Waals surface area contributed by atoms with Gasteiger partial charge in [-0.3, -0.25) is 14.3 Å². The molecule has 7 nitrogen and oxygen atoms in total. The number of fused-ring (bicyclic) bond motifs is 1. The van der Waals surface area contributed by atoms with Gasteiger partial charge >= 0.3 is 0 Å². The number of hydrogen-bond donors (Lipinski definition) is 1. The molecule has 0 aliphatic carbocycles. The van der Waals surface area contributed by atoms with Crippen LogP contribution >= 0.6 is 0 Å². The molecule has 2 N–H and O–H groups in total. The number of pyridine rings is 1. The van der Waals surface area contributed by atoms with Crippen molar-refractivity contribution in [2.45, 2.75) is 20.4 Å². The van der Waals surface area contributed by atoms with Gasteiger partial charge in [-0.1, -0.05) is 30.3 Å². The van der Waals surface area contributed by atoms with E-state index >= 15 is 0 Å². The number of rotatable bonds is 4. The second kappa shape index (κ2) is 8.09. The number of imidazole rings is 1. The molecule has 1 fully saturated rings. The molecule has 7 heteroatoms. The lowest BCUT2D eigenvalue weighted by Crippen LogP contribution is -2.36. The van der Waals surface area contributed by atoms with Crippen LogP contribution in [0.3, 0.4) is 0 Å². The average molecular weight is 415 g/mol.